The van der Waals surface area contributed by atoms with Crippen molar-refractivity contribution in [3.8, 4) is 0 Å². The first kappa shape index (κ1) is 24.9. The molecule has 0 radical (unpaired) electrons. The van der Waals surface area contributed by atoms with Crippen LogP contribution < -0.4 is 10.1 Å². The van der Waals surface area contributed by atoms with Gasteiger partial charge < -0.3 is 19.7 Å². The number of aromatic amines is 2. The van der Waals surface area contributed by atoms with Crippen molar-refractivity contribution >= 4 is 23.4 Å². The monoisotopic (exact) mass is 487 g/mol. The van der Waals surface area contributed by atoms with Crippen LogP contribution in [0.15, 0.2) is 54.4 Å². The van der Waals surface area contributed by atoms with Crippen LogP contribution in [0.3, 0.4) is 0 Å². The van der Waals surface area contributed by atoms with Gasteiger partial charge >= 0.3 is 5.97 Å². The zero-order valence-corrected chi connectivity index (χ0v) is 21.0. The van der Waals surface area contributed by atoms with E-state index in [1.807, 2.05) is 30.3 Å². The first-order valence-electron chi connectivity index (χ1n) is 11.7. The van der Waals surface area contributed by atoms with Crippen LogP contribution in [0.4, 0.5) is 0 Å². The van der Waals surface area contributed by atoms with E-state index in [0.29, 0.717) is 22.7 Å². The molecule has 36 heavy (non-hydrogen) atoms. The topological polar surface area (TPSA) is 117 Å². The maximum atomic E-state index is 13.9. The third-order valence-corrected chi connectivity index (χ3v) is 6.63. The van der Waals surface area contributed by atoms with Crippen molar-refractivity contribution in [2.75, 3.05) is 7.11 Å². The molecule has 1 aromatic carbocycles. The predicted molar refractivity (Wildman–Crippen MR) is 130 cm³/mol. The van der Waals surface area contributed by atoms with Crippen LogP contribution in [-0.2, 0) is 20.9 Å². The molecule has 3 heterocycles. The van der Waals surface area contributed by atoms with Gasteiger partial charge in [0.1, 0.15) is 5.69 Å². The molecule has 1 atom stereocenters. The second-order valence-corrected chi connectivity index (χ2v) is 9.26. The van der Waals surface area contributed by atoms with Crippen LogP contribution in [0.25, 0.3) is 5.76 Å². The molecule has 2 N–H and O–H groups in total. The number of carbonyl (C=O) groups is 3. The molecule has 0 spiro atoms. The number of esters is 1. The molecule has 186 valence electrons. The highest BCUT2D eigenvalue weighted by Gasteiger charge is 2.44. The van der Waals surface area contributed by atoms with E-state index < -0.39 is 29.5 Å². The van der Waals surface area contributed by atoms with Crippen molar-refractivity contribution < 1.29 is 29.2 Å². The van der Waals surface area contributed by atoms with Gasteiger partial charge in [0.05, 0.1) is 19.7 Å². The Morgan fingerprint density at radius 2 is 1.86 bits per heavy atom. The molecule has 2 aromatic heterocycles. The highest BCUT2D eigenvalue weighted by molar-refractivity contribution is 6.46. The second-order valence-electron chi connectivity index (χ2n) is 9.26. The lowest BCUT2D eigenvalue weighted by atomic mass is 9.92. The fourth-order valence-corrected chi connectivity index (χ4v) is 4.70. The Labute approximate surface area is 209 Å². The average Bonchev–Trinajstić information content (AvgIpc) is 3.31. The smallest absolute Gasteiger partial charge is 0.354 e. The molecule has 0 saturated carbocycles. The van der Waals surface area contributed by atoms with Crippen molar-refractivity contribution in [1.82, 2.24) is 9.88 Å². The second kappa shape index (κ2) is 9.81. The Hall–Kier alpha value is -4.20. The van der Waals surface area contributed by atoms with Gasteiger partial charge in [0.15, 0.2) is 12.4 Å². The Balaban J connectivity index is 1.90. The summed E-state index contributed by atoms with van der Waals surface area (Å²) < 4.78 is 4.81. The van der Waals surface area contributed by atoms with Crippen molar-refractivity contribution in [2.24, 2.45) is 0 Å². The summed E-state index contributed by atoms with van der Waals surface area (Å²) in [5, 5.41) is 13.9. The number of rotatable bonds is 6. The van der Waals surface area contributed by atoms with Gasteiger partial charge in [-0.3, -0.25) is 9.59 Å². The molecule has 8 nitrogen and oxygen atoms in total. The number of likely N-dealkylation sites (tertiary alicyclic amines) is 1. The van der Waals surface area contributed by atoms with E-state index in [2.05, 4.69) is 23.8 Å². The summed E-state index contributed by atoms with van der Waals surface area (Å²) in [6, 6.07) is 10.4. The number of benzene rings is 1. The highest BCUT2D eigenvalue weighted by atomic mass is 16.5. The maximum Gasteiger partial charge on any atom is 0.354 e. The van der Waals surface area contributed by atoms with E-state index >= 15 is 0 Å². The number of aryl methyl sites for hydroxylation is 1. The minimum Gasteiger partial charge on any atom is -0.872 e. The number of nitrogens with zero attached hydrogens (tertiary/aromatic N) is 1. The highest BCUT2D eigenvalue weighted by Crippen LogP contribution is 2.41. The quantitative estimate of drug-likeness (QED) is 0.248. The summed E-state index contributed by atoms with van der Waals surface area (Å²) in [7, 11) is 1.25. The first-order valence-corrected chi connectivity index (χ1v) is 11.7. The fourth-order valence-electron chi connectivity index (χ4n) is 4.70. The van der Waals surface area contributed by atoms with Gasteiger partial charge in [-0.15, -0.1) is 0 Å². The van der Waals surface area contributed by atoms with Crippen LogP contribution in [0.2, 0.25) is 0 Å². The van der Waals surface area contributed by atoms with Gasteiger partial charge in [0.2, 0.25) is 5.78 Å². The molecule has 8 heteroatoms. The molecule has 1 unspecified atom stereocenters. The van der Waals surface area contributed by atoms with E-state index in [-0.39, 0.29) is 23.4 Å². The van der Waals surface area contributed by atoms with E-state index in [1.165, 1.54) is 12.0 Å². The minimum absolute atomic E-state index is 0.126. The van der Waals surface area contributed by atoms with E-state index in [9.17, 15) is 19.5 Å². The van der Waals surface area contributed by atoms with Gasteiger partial charge in [0.25, 0.3) is 5.91 Å². The van der Waals surface area contributed by atoms with Crippen LogP contribution >= 0.6 is 0 Å². The van der Waals surface area contributed by atoms with Crippen LogP contribution in [-0.4, -0.2) is 34.7 Å². The minimum atomic E-state index is -0.866. The molecule has 1 saturated heterocycles. The van der Waals surface area contributed by atoms with Crippen LogP contribution in [0.1, 0.15) is 69.8 Å². The Morgan fingerprint density at radius 3 is 2.44 bits per heavy atom. The van der Waals surface area contributed by atoms with Crippen molar-refractivity contribution in [3.05, 3.63) is 93.6 Å². The first-order chi connectivity index (χ1) is 17.1. The van der Waals surface area contributed by atoms with Gasteiger partial charge in [-0.25, -0.2) is 9.78 Å². The third-order valence-electron chi connectivity index (χ3n) is 6.63. The van der Waals surface area contributed by atoms with Crippen molar-refractivity contribution in [3.63, 3.8) is 0 Å². The number of amides is 1. The number of ether oxygens (including phenoxy) is 1. The number of nitrogens with one attached hydrogen (secondary N) is 2. The number of hydrogen-bond acceptors (Lipinski definition) is 5. The Kier molecular flexibility index (Phi) is 6.79. The van der Waals surface area contributed by atoms with Crippen LogP contribution in [0.5, 0.6) is 0 Å². The number of aromatic nitrogens is 2. The normalized spacial score (nSPS) is 17.2. The largest absolute Gasteiger partial charge is 0.872 e. The number of ketones is 1. The number of pyridine rings is 1. The maximum absolute atomic E-state index is 13.9. The number of Topliss-reactive ketones (excluding diaryl/α,β-unsaturated/α-hetero) is 1. The summed E-state index contributed by atoms with van der Waals surface area (Å²) in [4.78, 5) is 46.1. The Bertz CT molecular complexity index is 1350. The lowest BCUT2D eigenvalue weighted by Crippen LogP contribution is -2.29. The van der Waals surface area contributed by atoms with E-state index in [4.69, 9.17) is 4.74 Å². The zero-order valence-electron chi connectivity index (χ0n) is 21.0. The number of methoxy groups -OCH3 is 1. The number of hydrogen-bond donors (Lipinski definition) is 1. The third kappa shape index (κ3) is 4.30. The molecular formula is C28H29N3O5. The molecule has 1 amide bonds. The SMILES string of the molecule is COC(=O)c1[nH]c(C)c(/C([O-])=C2\C(=O)C(=O)N(Cc3ccc[nH+]c3)C2c2ccc(C(C)C)cc2)c1C. The van der Waals surface area contributed by atoms with E-state index in [0.717, 1.165) is 11.1 Å². The molecule has 4 rings (SSSR count). The van der Waals surface area contributed by atoms with Gasteiger partial charge in [-0.1, -0.05) is 43.9 Å². The van der Waals surface area contributed by atoms with Gasteiger partial charge in [-0.05, 0) is 48.1 Å². The molecule has 1 aliphatic rings. The standard InChI is InChI=1S/C28H29N3O5/c1-15(2)19-8-10-20(11-9-19)24-22(25(32)21-16(3)23(28(35)36-5)30-17(21)4)26(33)27(34)31(24)14-18-7-6-12-29-13-18/h6-13,15,24,30,32H,14H2,1-5H3/b25-22+. The molecule has 3 aromatic rings. The lowest BCUT2D eigenvalue weighted by molar-refractivity contribution is -0.378. The van der Waals surface area contributed by atoms with Gasteiger partial charge in [0, 0.05) is 22.9 Å². The number of carbonyl (C=O) groups excluding carboxylic acids is 3. The lowest BCUT2D eigenvalue weighted by Gasteiger charge is -2.28. The fraction of sp³-hybridized carbons (Fsp3) is 0.286. The van der Waals surface area contributed by atoms with E-state index in [1.54, 1.807) is 32.3 Å². The molecular weight excluding hydrogens is 458 g/mol. The summed E-state index contributed by atoms with van der Waals surface area (Å²) in [5.41, 5.74) is 3.58. The predicted octanol–water partition coefficient (Wildman–Crippen LogP) is 2.78. The molecule has 0 aliphatic carbocycles. The number of H-pyrrole nitrogens is 2. The average molecular weight is 488 g/mol. The summed E-state index contributed by atoms with van der Waals surface area (Å²) >= 11 is 0. The van der Waals surface area contributed by atoms with Gasteiger partial charge in [-0.2, -0.15) is 0 Å². The summed E-state index contributed by atoms with van der Waals surface area (Å²) in [6.45, 7) is 7.57. The van der Waals surface area contributed by atoms with Crippen molar-refractivity contribution in [2.45, 2.75) is 46.2 Å². The summed E-state index contributed by atoms with van der Waals surface area (Å²) in [6.07, 6.45) is 3.50. The zero-order chi connectivity index (χ0) is 26.1. The van der Waals surface area contributed by atoms with Crippen molar-refractivity contribution in [1.29, 1.82) is 0 Å². The summed E-state index contributed by atoms with van der Waals surface area (Å²) in [5.74, 6) is -2.46. The Morgan fingerprint density at radius 1 is 1.17 bits per heavy atom. The van der Waals surface area contributed by atoms with Crippen LogP contribution in [0, 0.1) is 13.8 Å². The molecule has 1 fully saturated rings. The molecule has 0 bridgehead atoms. The molecule has 1 aliphatic heterocycles.